The molecule has 0 aliphatic heterocycles. The van der Waals surface area contributed by atoms with Crippen LogP contribution in [0.2, 0.25) is 5.02 Å². The van der Waals surface area contributed by atoms with E-state index in [9.17, 15) is 0 Å². The van der Waals surface area contributed by atoms with E-state index < -0.39 is 0 Å². The van der Waals surface area contributed by atoms with Crippen LogP contribution >= 0.6 is 35.2 Å². The maximum Gasteiger partial charge on any atom is 0.178 e. The Labute approximate surface area is 132 Å². The van der Waals surface area contributed by atoms with Crippen molar-refractivity contribution < 1.29 is 0 Å². The Kier molecular flexibility index (Phi) is 3.71. The number of nitrogens with one attached hydrogen (secondary N) is 1. The van der Waals surface area contributed by atoms with Crippen molar-refractivity contribution in [2.24, 2.45) is 0 Å². The molecular formula is C15H15ClN2S2. The summed E-state index contributed by atoms with van der Waals surface area (Å²) in [7, 11) is 0. The van der Waals surface area contributed by atoms with E-state index in [1.165, 1.54) is 9.75 Å². The van der Waals surface area contributed by atoms with Crippen molar-refractivity contribution in [3.63, 3.8) is 0 Å². The fourth-order valence-electron chi connectivity index (χ4n) is 2.52. The molecule has 0 radical (unpaired) electrons. The zero-order chi connectivity index (χ0) is 14.3. The fourth-order valence-corrected chi connectivity index (χ4v) is 4.09. The standard InChI is InChI=1S/C15H15ClN2S2/c1-9(7-12-5-3-10(2)20-12)18-14-6-4-11(16)8-13(14)17-15(18)19/h3-6,8-9H,7H2,1-2H3,(H,17,19). The average Bonchev–Trinajstić information content (AvgIpc) is 2.91. The molecule has 0 aliphatic rings. The summed E-state index contributed by atoms with van der Waals surface area (Å²) in [5, 5.41) is 0.724. The average molecular weight is 323 g/mol. The number of hydrogen-bond acceptors (Lipinski definition) is 2. The number of aryl methyl sites for hydroxylation is 1. The Morgan fingerprint density at radius 3 is 2.85 bits per heavy atom. The number of halogens is 1. The third kappa shape index (κ3) is 2.55. The monoisotopic (exact) mass is 322 g/mol. The maximum atomic E-state index is 6.03. The predicted octanol–water partition coefficient (Wildman–Crippen LogP) is 5.53. The smallest absolute Gasteiger partial charge is 0.178 e. The first-order valence-corrected chi connectivity index (χ1v) is 8.10. The van der Waals surface area contributed by atoms with Crippen molar-refractivity contribution in [1.29, 1.82) is 0 Å². The van der Waals surface area contributed by atoms with Crippen molar-refractivity contribution in [2.75, 3.05) is 0 Å². The van der Waals surface area contributed by atoms with Crippen LogP contribution in [0.4, 0.5) is 0 Å². The topological polar surface area (TPSA) is 20.7 Å². The van der Waals surface area contributed by atoms with Crippen molar-refractivity contribution in [1.82, 2.24) is 9.55 Å². The van der Waals surface area contributed by atoms with Gasteiger partial charge in [-0.05, 0) is 56.4 Å². The van der Waals surface area contributed by atoms with Crippen LogP contribution in [0.15, 0.2) is 30.3 Å². The summed E-state index contributed by atoms with van der Waals surface area (Å²) < 4.78 is 2.93. The number of nitrogens with zero attached hydrogens (tertiary/aromatic N) is 1. The number of thiophene rings is 1. The van der Waals surface area contributed by atoms with E-state index in [2.05, 4.69) is 35.5 Å². The van der Waals surface area contributed by atoms with Gasteiger partial charge in [0.1, 0.15) is 0 Å². The van der Waals surface area contributed by atoms with Gasteiger partial charge in [-0.1, -0.05) is 11.6 Å². The van der Waals surface area contributed by atoms with Gasteiger partial charge in [-0.15, -0.1) is 11.3 Å². The zero-order valence-electron chi connectivity index (χ0n) is 11.3. The molecule has 20 heavy (non-hydrogen) atoms. The molecule has 1 unspecified atom stereocenters. The quantitative estimate of drug-likeness (QED) is 0.629. The van der Waals surface area contributed by atoms with Gasteiger partial charge < -0.3 is 9.55 Å². The van der Waals surface area contributed by atoms with E-state index in [0.29, 0.717) is 6.04 Å². The fraction of sp³-hybridized carbons (Fsp3) is 0.267. The molecule has 2 aromatic heterocycles. The second-order valence-electron chi connectivity index (χ2n) is 5.03. The third-order valence-electron chi connectivity index (χ3n) is 3.41. The Balaban J connectivity index is 2.00. The minimum Gasteiger partial charge on any atom is -0.331 e. The van der Waals surface area contributed by atoms with Crippen molar-refractivity contribution >= 4 is 46.2 Å². The number of hydrogen-bond donors (Lipinski definition) is 1. The lowest BCUT2D eigenvalue weighted by molar-refractivity contribution is 0.557. The second-order valence-corrected chi connectivity index (χ2v) is 7.22. The van der Waals surface area contributed by atoms with Gasteiger partial charge >= 0.3 is 0 Å². The lowest BCUT2D eigenvalue weighted by Crippen LogP contribution is -2.07. The molecule has 2 nitrogen and oxygen atoms in total. The van der Waals surface area contributed by atoms with Gasteiger partial charge in [0, 0.05) is 27.2 Å². The van der Waals surface area contributed by atoms with Gasteiger partial charge in [-0.2, -0.15) is 0 Å². The summed E-state index contributed by atoms with van der Waals surface area (Å²) >= 11 is 13.3. The molecule has 104 valence electrons. The Hall–Kier alpha value is -1.10. The highest BCUT2D eigenvalue weighted by Gasteiger charge is 2.13. The van der Waals surface area contributed by atoms with Crippen molar-refractivity contribution in [3.05, 3.63) is 49.9 Å². The van der Waals surface area contributed by atoms with Gasteiger partial charge in [0.15, 0.2) is 4.77 Å². The van der Waals surface area contributed by atoms with Gasteiger partial charge in [0.05, 0.1) is 11.0 Å². The van der Waals surface area contributed by atoms with Crippen LogP contribution in [0.1, 0.15) is 22.7 Å². The molecule has 0 aliphatic carbocycles. The Morgan fingerprint density at radius 2 is 2.15 bits per heavy atom. The van der Waals surface area contributed by atoms with E-state index in [1.807, 2.05) is 29.5 Å². The molecule has 3 aromatic rings. The molecule has 1 atom stereocenters. The first-order chi connectivity index (χ1) is 9.54. The highest BCUT2D eigenvalue weighted by molar-refractivity contribution is 7.71. The number of imidazole rings is 1. The van der Waals surface area contributed by atoms with E-state index in [4.69, 9.17) is 23.8 Å². The highest BCUT2D eigenvalue weighted by Crippen LogP contribution is 2.26. The largest absolute Gasteiger partial charge is 0.331 e. The molecular weight excluding hydrogens is 308 g/mol. The van der Waals surface area contributed by atoms with Crippen LogP contribution in [0, 0.1) is 11.7 Å². The molecule has 0 amide bonds. The lowest BCUT2D eigenvalue weighted by Gasteiger charge is -2.13. The molecule has 5 heteroatoms. The van der Waals surface area contributed by atoms with Crippen LogP contribution < -0.4 is 0 Å². The molecule has 0 saturated heterocycles. The molecule has 1 aromatic carbocycles. The van der Waals surface area contributed by atoms with E-state index >= 15 is 0 Å². The Morgan fingerprint density at radius 1 is 1.35 bits per heavy atom. The number of aromatic amines is 1. The zero-order valence-corrected chi connectivity index (χ0v) is 13.7. The van der Waals surface area contributed by atoms with Gasteiger partial charge in [-0.3, -0.25) is 0 Å². The molecule has 2 heterocycles. The first-order valence-electron chi connectivity index (χ1n) is 6.49. The molecule has 0 saturated carbocycles. The molecule has 3 rings (SSSR count). The summed E-state index contributed by atoms with van der Waals surface area (Å²) in [5.74, 6) is 0. The summed E-state index contributed by atoms with van der Waals surface area (Å²) in [4.78, 5) is 5.97. The molecule has 0 fully saturated rings. The number of benzene rings is 1. The minimum atomic E-state index is 0.315. The number of rotatable bonds is 3. The summed E-state index contributed by atoms with van der Waals surface area (Å²) in [6.45, 7) is 4.34. The summed E-state index contributed by atoms with van der Waals surface area (Å²) in [5.41, 5.74) is 2.11. The maximum absolute atomic E-state index is 6.03. The first kappa shape index (κ1) is 13.9. The second kappa shape index (κ2) is 5.35. The van der Waals surface area contributed by atoms with E-state index in [1.54, 1.807) is 0 Å². The van der Waals surface area contributed by atoms with Gasteiger partial charge in [0.2, 0.25) is 0 Å². The number of fused-ring (bicyclic) bond motifs is 1. The van der Waals surface area contributed by atoms with Crippen LogP contribution in [-0.4, -0.2) is 9.55 Å². The van der Waals surface area contributed by atoms with Crippen LogP contribution in [-0.2, 0) is 6.42 Å². The molecule has 0 spiro atoms. The van der Waals surface area contributed by atoms with Crippen molar-refractivity contribution in [3.8, 4) is 0 Å². The van der Waals surface area contributed by atoms with Crippen LogP contribution in [0.3, 0.4) is 0 Å². The lowest BCUT2D eigenvalue weighted by atomic mass is 10.2. The summed E-state index contributed by atoms with van der Waals surface area (Å²) in [6, 6.07) is 10.5. The van der Waals surface area contributed by atoms with E-state index in [-0.39, 0.29) is 0 Å². The van der Waals surface area contributed by atoms with Gasteiger partial charge in [0.25, 0.3) is 0 Å². The van der Waals surface area contributed by atoms with Crippen molar-refractivity contribution in [2.45, 2.75) is 26.3 Å². The highest BCUT2D eigenvalue weighted by atomic mass is 35.5. The van der Waals surface area contributed by atoms with Crippen LogP contribution in [0.5, 0.6) is 0 Å². The molecule has 1 N–H and O–H groups in total. The minimum absolute atomic E-state index is 0.315. The number of aromatic nitrogens is 2. The predicted molar refractivity (Wildman–Crippen MR) is 89.6 cm³/mol. The van der Waals surface area contributed by atoms with Gasteiger partial charge in [-0.25, -0.2) is 0 Å². The van der Waals surface area contributed by atoms with Crippen LogP contribution in [0.25, 0.3) is 11.0 Å². The Bertz CT molecular complexity index is 813. The molecule has 0 bridgehead atoms. The third-order valence-corrected chi connectivity index (χ3v) is 4.97. The summed E-state index contributed by atoms with van der Waals surface area (Å²) in [6.07, 6.45) is 0.988. The normalized spacial score (nSPS) is 12.9. The SMILES string of the molecule is Cc1ccc(CC(C)n2c(=S)[nH]c3cc(Cl)ccc32)s1. The number of H-pyrrole nitrogens is 1. The van der Waals surface area contributed by atoms with E-state index in [0.717, 1.165) is 27.2 Å².